The minimum atomic E-state index is -1.47. The van der Waals surface area contributed by atoms with Gasteiger partial charge in [0.2, 0.25) is 0 Å². The fraction of sp³-hybridized carbons (Fsp3) is 0.810. The van der Waals surface area contributed by atoms with Gasteiger partial charge in [-0.3, -0.25) is 4.79 Å². The summed E-state index contributed by atoms with van der Waals surface area (Å²) in [4.78, 5) is 23.4. The zero-order valence-electron chi connectivity index (χ0n) is 15.0. The molecule has 3 heteroatoms. The number of rotatable bonds is 2. The molecule has 0 heterocycles. The van der Waals surface area contributed by atoms with Crippen molar-refractivity contribution in [2.75, 3.05) is 0 Å². The van der Waals surface area contributed by atoms with E-state index in [-0.39, 0.29) is 17.6 Å². The lowest BCUT2D eigenvalue weighted by molar-refractivity contribution is -0.145. The first-order valence-electron chi connectivity index (χ1n) is 9.74. The summed E-state index contributed by atoms with van der Waals surface area (Å²) in [5, 5.41) is 10.8. The quantitative estimate of drug-likeness (QED) is 0.783. The maximum atomic E-state index is 12.4. The molecule has 24 heavy (non-hydrogen) atoms. The van der Waals surface area contributed by atoms with Gasteiger partial charge in [-0.25, -0.2) is 0 Å². The van der Waals surface area contributed by atoms with Crippen LogP contribution in [-0.2, 0) is 9.59 Å². The second-order valence-corrected chi connectivity index (χ2v) is 9.53. The number of allylic oxidation sites excluding steroid dienone is 1. The first kappa shape index (κ1) is 16.5. The van der Waals surface area contributed by atoms with Crippen LogP contribution < -0.4 is 0 Å². The van der Waals surface area contributed by atoms with Crippen LogP contribution >= 0.6 is 0 Å². The number of fused-ring (bicyclic) bond motifs is 5. The summed E-state index contributed by atoms with van der Waals surface area (Å²) in [6.45, 7) is 4.75. The van der Waals surface area contributed by atoms with Crippen LogP contribution in [0.2, 0.25) is 0 Å². The molecule has 1 N–H and O–H groups in total. The van der Waals surface area contributed by atoms with Gasteiger partial charge >= 0.3 is 0 Å². The van der Waals surface area contributed by atoms with Crippen LogP contribution in [0.5, 0.6) is 0 Å². The molecule has 0 bridgehead atoms. The van der Waals surface area contributed by atoms with E-state index in [9.17, 15) is 14.7 Å². The van der Waals surface area contributed by atoms with Crippen molar-refractivity contribution in [3.05, 3.63) is 11.6 Å². The molecule has 0 saturated heterocycles. The lowest BCUT2D eigenvalue weighted by Gasteiger charge is -2.58. The third-order valence-electron chi connectivity index (χ3n) is 8.36. The van der Waals surface area contributed by atoms with Gasteiger partial charge in [-0.1, -0.05) is 25.8 Å². The second-order valence-electron chi connectivity index (χ2n) is 9.53. The Bertz CT molecular complexity index is 608. The van der Waals surface area contributed by atoms with E-state index in [1.54, 1.807) is 6.08 Å². The predicted molar refractivity (Wildman–Crippen MR) is 92.3 cm³/mol. The van der Waals surface area contributed by atoms with E-state index in [4.69, 9.17) is 0 Å². The van der Waals surface area contributed by atoms with Gasteiger partial charge in [0, 0.05) is 6.42 Å². The normalized spacial score (nSPS) is 50.5. The maximum Gasteiger partial charge on any atom is 0.187 e. The van der Waals surface area contributed by atoms with Gasteiger partial charge in [0.1, 0.15) is 11.9 Å². The third-order valence-corrected chi connectivity index (χ3v) is 8.36. The number of carbonyl (C=O) groups is 2. The number of carbonyl (C=O) groups excluding carboxylic acids is 2. The van der Waals surface area contributed by atoms with Crippen molar-refractivity contribution in [1.29, 1.82) is 0 Å². The van der Waals surface area contributed by atoms with E-state index in [0.29, 0.717) is 24.0 Å². The number of hydrogen-bond donors (Lipinski definition) is 1. The standard InChI is InChI=1S/C21H30O3/c1-19-8-3-4-16(19)15-6-5-14-12-18(23)21(24,10-11-22)13-20(14,2)17(15)7-9-19/h11-12,15-17,24H,3-10,13H2,1-2H3/t15-,16-,17+,19-,20-,21?/m0/s1. The summed E-state index contributed by atoms with van der Waals surface area (Å²) in [6.07, 6.45) is 11.5. The van der Waals surface area contributed by atoms with Crippen molar-refractivity contribution in [3.8, 4) is 0 Å². The van der Waals surface area contributed by atoms with E-state index in [1.807, 2.05) is 0 Å². The zero-order valence-corrected chi connectivity index (χ0v) is 15.0. The second kappa shape index (κ2) is 5.27. The molecule has 0 aromatic carbocycles. The van der Waals surface area contributed by atoms with Crippen molar-refractivity contribution in [2.45, 2.75) is 77.2 Å². The molecule has 3 nitrogen and oxygen atoms in total. The van der Waals surface area contributed by atoms with E-state index in [0.717, 1.165) is 18.3 Å². The van der Waals surface area contributed by atoms with E-state index >= 15 is 0 Å². The summed E-state index contributed by atoms with van der Waals surface area (Å²) < 4.78 is 0. The maximum absolute atomic E-state index is 12.4. The van der Waals surface area contributed by atoms with E-state index < -0.39 is 5.60 Å². The Morgan fingerprint density at radius 3 is 2.75 bits per heavy atom. The first-order valence-corrected chi connectivity index (χ1v) is 9.74. The number of aliphatic hydroxyl groups is 1. The topological polar surface area (TPSA) is 54.4 Å². The van der Waals surface area contributed by atoms with Crippen LogP contribution in [0, 0.1) is 28.6 Å². The fourth-order valence-electron chi connectivity index (χ4n) is 7.10. The molecule has 0 aliphatic heterocycles. The highest BCUT2D eigenvalue weighted by atomic mass is 16.3. The summed E-state index contributed by atoms with van der Waals surface area (Å²) in [5.41, 5.74) is 0.171. The monoisotopic (exact) mass is 330 g/mol. The van der Waals surface area contributed by atoms with Crippen molar-refractivity contribution < 1.29 is 14.7 Å². The first-order chi connectivity index (χ1) is 11.3. The predicted octanol–water partition coefficient (Wildman–Crippen LogP) is 3.84. The summed E-state index contributed by atoms with van der Waals surface area (Å²) in [7, 11) is 0. The number of aldehydes is 1. The molecule has 132 valence electrons. The van der Waals surface area contributed by atoms with Crippen LogP contribution in [-0.4, -0.2) is 22.8 Å². The average Bonchev–Trinajstić information content (AvgIpc) is 2.91. The number of hydrogen-bond acceptors (Lipinski definition) is 3. The summed E-state index contributed by atoms with van der Waals surface area (Å²) in [5.74, 6) is 1.84. The van der Waals surface area contributed by atoms with Gasteiger partial charge in [-0.2, -0.15) is 0 Å². The number of ketones is 1. The molecule has 4 aliphatic rings. The van der Waals surface area contributed by atoms with Crippen molar-refractivity contribution in [1.82, 2.24) is 0 Å². The minimum Gasteiger partial charge on any atom is -0.381 e. The highest BCUT2D eigenvalue weighted by molar-refractivity contribution is 6.00. The van der Waals surface area contributed by atoms with Crippen molar-refractivity contribution in [3.63, 3.8) is 0 Å². The van der Waals surface area contributed by atoms with Crippen LogP contribution in [0.3, 0.4) is 0 Å². The Morgan fingerprint density at radius 2 is 2.00 bits per heavy atom. The Labute approximate surface area is 144 Å². The van der Waals surface area contributed by atoms with Gasteiger partial charge < -0.3 is 9.90 Å². The van der Waals surface area contributed by atoms with Gasteiger partial charge in [0.05, 0.1) is 0 Å². The molecular formula is C21H30O3. The average molecular weight is 330 g/mol. The SMILES string of the molecule is C[C@@]12CCC[C@H]1[C@@H]1CCC3=CC(=O)C(O)(CC=O)C[C@]3(C)[C@@H]1CC2. The lowest BCUT2D eigenvalue weighted by Crippen LogP contribution is -2.55. The van der Waals surface area contributed by atoms with Gasteiger partial charge in [-0.05, 0) is 79.6 Å². The molecule has 3 fully saturated rings. The van der Waals surface area contributed by atoms with Crippen LogP contribution in [0.15, 0.2) is 11.6 Å². The molecule has 6 atom stereocenters. The largest absolute Gasteiger partial charge is 0.381 e. The highest BCUT2D eigenvalue weighted by Gasteiger charge is 2.59. The van der Waals surface area contributed by atoms with Crippen LogP contribution in [0.1, 0.15) is 71.6 Å². The van der Waals surface area contributed by atoms with Crippen LogP contribution in [0.4, 0.5) is 0 Å². The fourth-order valence-corrected chi connectivity index (χ4v) is 7.10. The molecular weight excluding hydrogens is 300 g/mol. The smallest absolute Gasteiger partial charge is 0.187 e. The lowest BCUT2D eigenvalue weighted by atomic mass is 9.46. The van der Waals surface area contributed by atoms with Gasteiger partial charge in [0.25, 0.3) is 0 Å². The molecule has 4 rings (SSSR count). The summed E-state index contributed by atoms with van der Waals surface area (Å²) >= 11 is 0. The molecule has 0 aromatic rings. The Kier molecular flexibility index (Phi) is 3.62. The zero-order chi connectivity index (χ0) is 17.2. The van der Waals surface area contributed by atoms with Crippen molar-refractivity contribution >= 4 is 12.1 Å². The Morgan fingerprint density at radius 1 is 1.21 bits per heavy atom. The Hall–Kier alpha value is -0.960. The van der Waals surface area contributed by atoms with E-state index in [1.165, 1.54) is 44.1 Å². The molecule has 0 amide bonds. The molecule has 4 aliphatic carbocycles. The Balaban J connectivity index is 1.70. The molecule has 1 unspecified atom stereocenters. The third kappa shape index (κ3) is 2.13. The van der Waals surface area contributed by atoms with E-state index in [2.05, 4.69) is 13.8 Å². The molecule has 0 aromatic heterocycles. The summed E-state index contributed by atoms with van der Waals surface area (Å²) in [6, 6.07) is 0. The molecule has 3 saturated carbocycles. The minimum absolute atomic E-state index is 0.0657. The van der Waals surface area contributed by atoms with Gasteiger partial charge in [-0.15, -0.1) is 0 Å². The van der Waals surface area contributed by atoms with Gasteiger partial charge in [0.15, 0.2) is 5.78 Å². The molecule has 0 radical (unpaired) electrons. The van der Waals surface area contributed by atoms with Crippen LogP contribution in [0.25, 0.3) is 0 Å². The molecule has 0 spiro atoms. The highest BCUT2D eigenvalue weighted by Crippen LogP contribution is 2.65. The van der Waals surface area contributed by atoms with Crippen molar-refractivity contribution in [2.24, 2.45) is 28.6 Å².